The van der Waals surface area contributed by atoms with Gasteiger partial charge in [-0.1, -0.05) is 30.3 Å². The molecule has 0 amide bonds. The smallest absolute Gasteiger partial charge is 0.285 e. The quantitative estimate of drug-likeness (QED) is 0.272. The number of pyridine rings is 1. The van der Waals surface area contributed by atoms with Gasteiger partial charge in [-0.15, -0.1) is 10.2 Å². The first-order valence-electron chi connectivity index (χ1n) is 11.1. The van der Waals surface area contributed by atoms with Crippen LogP contribution in [0.3, 0.4) is 0 Å². The zero-order valence-electron chi connectivity index (χ0n) is 19.6. The van der Waals surface area contributed by atoms with Crippen molar-refractivity contribution in [1.29, 1.82) is 0 Å². The second-order valence-corrected chi connectivity index (χ2v) is 8.59. The number of nitrogens with zero attached hydrogens (tertiary/aromatic N) is 5. The van der Waals surface area contributed by atoms with Crippen molar-refractivity contribution in [1.82, 2.24) is 24.8 Å². The first-order valence-corrected chi connectivity index (χ1v) is 11.5. The molecule has 5 rings (SSSR count). The van der Waals surface area contributed by atoms with E-state index in [2.05, 4.69) is 26.9 Å². The molecule has 1 atom stereocenters. The predicted molar refractivity (Wildman–Crippen MR) is 136 cm³/mol. The van der Waals surface area contributed by atoms with Crippen LogP contribution in [0.15, 0.2) is 73.4 Å². The van der Waals surface area contributed by atoms with Gasteiger partial charge in [0.05, 0.1) is 24.4 Å². The molecule has 3 aromatic heterocycles. The van der Waals surface area contributed by atoms with E-state index in [0.29, 0.717) is 40.3 Å². The molecule has 188 valence electrons. The fraction of sp³-hybridized carbons (Fsp3) is 0.154. The molecular weight excluding hydrogens is 502 g/mol. The van der Waals surface area contributed by atoms with Gasteiger partial charge in [-0.3, -0.25) is 4.98 Å². The molecule has 0 bridgehead atoms. The molecule has 0 spiro atoms. The van der Waals surface area contributed by atoms with Crippen LogP contribution in [0.5, 0.6) is 11.5 Å². The Bertz CT molecular complexity index is 1620. The largest absolute Gasteiger partial charge is 0.497 e. The molecule has 2 aromatic carbocycles. The molecule has 2 N–H and O–H groups in total. The summed E-state index contributed by atoms with van der Waals surface area (Å²) in [6.07, 6.45) is 2.16. The molecule has 3 heterocycles. The van der Waals surface area contributed by atoms with Crippen LogP contribution in [0.25, 0.3) is 27.8 Å². The van der Waals surface area contributed by atoms with Crippen LogP contribution in [-0.2, 0) is 6.61 Å². The van der Waals surface area contributed by atoms with Crippen LogP contribution in [0.1, 0.15) is 17.4 Å². The Hall–Kier alpha value is -4.15. The zero-order chi connectivity index (χ0) is 26.2. The van der Waals surface area contributed by atoms with Gasteiger partial charge >= 0.3 is 0 Å². The molecule has 0 unspecified atom stereocenters. The summed E-state index contributed by atoms with van der Waals surface area (Å²) in [6, 6.07) is 13.8. The first-order chi connectivity index (χ1) is 17.8. The molecule has 37 heavy (non-hydrogen) atoms. The van der Waals surface area contributed by atoms with Crippen molar-refractivity contribution in [3.8, 4) is 22.8 Å². The number of benzene rings is 2. The van der Waals surface area contributed by atoms with Crippen LogP contribution in [0, 0.1) is 0 Å². The summed E-state index contributed by atoms with van der Waals surface area (Å²) in [5, 5.41) is 13.9. The third-order valence-corrected chi connectivity index (χ3v) is 6.24. The van der Waals surface area contributed by atoms with Crippen molar-refractivity contribution in [2.75, 3.05) is 7.11 Å². The molecule has 0 radical (unpaired) electrons. The molecule has 0 fully saturated rings. The normalized spacial score (nSPS) is 12.6. The number of hydrogen-bond acceptors (Lipinski definition) is 7. The van der Waals surface area contributed by atoms with Gasteiger partial charge in [0.25, 0.3) is 5.92 Å². The predicted octanol–water partition coefficient (Wildman–Crippen LogP) is 5.40. The van der Waals surface area contributed by atoms with E-state index >= 15 is 0 Å². The lowest BCUT2D eigenvalue weighted by molar-refractivity contribution is 0.0262. The highest BCUT2D eigenvalue weighted by molar-refractivity contribution is 6.31. The van der Waals surface area contributed by atoms with E-state index in [1.54, 1.807) is 48.2 Å². The van der Waals surface area contributed by atoms with Crippen LogP contribution in [0.4, 0.5) is 8.78 Å². The summed E-state index contributed by atoms with van der Waals surface area (Å²) < 4.78 is 40.8. The molecule has 11 heteroatoms. The monoisotopic (exact) mass is 522 g/mol. The number of hydrogen-bond donors (Lipinski definition) is 1. The Morgan fingerprint density at radius 1 is 1.14 bits per heavy atom. The summed E-state index contributed by atoms with van der Waals surface area (Å²) in [4.78, 5) is 4.36. The summed E-state index contributed by atoms with van der Waals surface area (Å²) in [5.74, 6) is -1.52. The van der Waals surface area contributed by atoms with E-state index in [0.717, 1.165) is 10.9 Å². The second-order valence-electron chi connectivity index (χ2n) is 8.18. The SMILES string of the molecule is C=CC(F)(F)[C@H](N)c1ccc(-c2ccc3nnc(COc4ccnc5cc(OC)ccc45)n3n2)cc1Cl. The topological polar surface area (TPSA) is 100 Å². The lowest BCUT2D eigenvalue weighted by Gasteiger charge is -2.21. The number of ether oxygens (including phenoxy) is 2. The molecule has 0 saturated heterocycles. The van der Waals surface area contributed by atoms with Gasteiger partial charge in [0.15, 0.2) is 11.5 Å². The molecule has 8 nitrogen and oxygen atoms in total. The average molecular weight is 523 g/mol. The Labute approximate surface area is 215 Å². The first kappa shape index (κ1) is 24.5. The van der Waals surface area contributed by atoms with Crippen LogP contribution in [0.2, 0.25) is 5.02 Å². The third-order valence-electron chi connectivity index (χ3n) is 5.91. The summed E-state index contributed by atoms with van der Waals surface area (Å²) >= 11 is 6.31. The Balaban J connectivity index is 1.42. The minimum absolute atomic E-state index is 0.0912. The summed E-state index contributed by atoms with van der Waals surface area (Å²) in [5.41, 5.74) is 8.22. The Kier molecular flexibility index (Phi) is 6.45. The number of fused-ring (bicyclic) bond motifs is 2. The maximum Gasteiger partial charge on any atom is 0.285 e. The fourth-order valence-electron chi connectivity index (χ4n) is 3.85. The van der Waals surface area contributed by atoms with E-state index in [9.17, 15) is 8.78 Å². The zero-order valence-corrected chi connectivity index (χ0v) is 20.4. The van der Waals surface area contributed by atoms with Crippen LogP contribution >= 0.6 is 11.6 Å². The Morgan fingerprint density at radius 2 is 1.97 bits per heavy atom. The molecule has 0 aliphatic rings. The lowest BCUT2D eigenvalue weighted by Crippen LogP contribution is -2.30. The maximum absolute atomic E-state index is 14.0. The number of alkyl halides is 2. The number of rotatable bonds is 8. The lowest BCUT2D eigenvalue weighted by atomic mass is 9.99. The van der Waals surface area contributed by atoms with Gasteiger partial charge in [0, 0.05) is 28.2 Å². The van der Waals surface area contributed by atoms with Gasteiger partial charge in [-0.2, -0.15) is 18.4 Å². The summed E-state index contributed by atoms with van der Waals surface area (Å²) in [7, 11) is 1.60. The van der Waals surface area contributed by atoms with Crippen LogP contribution in [-0.4, -0.2) is 37.8 Å². The van der Waals surface area contributed by atoms with Gasteiger partial charge in [0.2, 0.25) is 0 Å². The van der Waals surface area contributed by atoms with Crippen LogP contribution < -0.4 is 15.2 Å². The minimum Gasteiger partial charge on any atom is -0.497 e. The molecule has 0 saturated carbocycles. The van der Waals surface area contributed by atoms with Crippen molar-refractivity contribution in [3.05, 3.63) is 89.9 Å². The van der Waals surface area contributed by atoms with E-state index in [1.165, 1.54) is 6.07 Å². The Morgan fingerprint density at radius 3 is 2.73 bits per heavy atom. The third kappa shape index (κ3) is 4.68. The van der Waals surface area contributed by atoms with Gasteiger partial charge in [-0.05, 0) is 48.0 Å². The molecule has 0 aliphatic carbocycles. The number of methoxy groups -OCH3 is 1. The van der Waals surface area contributed by atoms with Gasteiger partial charge in [0.1, 0.15) is 18.1 Å². The minimum atomic E-state index is -3.30. The van der Waals surface area contributed by atoms with E-state index in [-0.39, 0.29) is 17.2 Å². The van der Waals surface area contributed by atoms with Crippen molar-refractivity contribution in [2.24, 2.45) is 5.73 Å². The van der Waals surface area contributed by atoms with E-state index in [4.69, 9.17) is 26.8 Å². The number of nitrogens with two attached hydrogens (primary N) is 1. The standard InChI is InChI=1S/C26H21ClF2N6O2/c1-3-26(28,29)25(30)17-6-4-15(12-19(17)27)20-8-9-23-32-33-24(35(23)34-20)14-37-22-10-11-31-21-13-16(36-2)5-7-18(21)22/h3-13,25H,1,14,30H2,2H3/t25-/m1/s1. The van der Waals surface area contributed by atoms with Crippen molar-refractivity contribution >= 4 is 28.2 Å². The molecule has 5 aromatic rings. The van der Waals surface area contributed by atoms with Crippen molar-refractivity contribution in [3.63, 3.8) is 0 Å². The fourth-order valence-corrected chi connectivity index (χ4v) is 4.15. The maximum atomic E-state index is 14.0. The van der Waals surface area contributed by atoms with E-state index in [1.807, 2.05) is 18.2 Å². The van der Waals surface area contributed by atoms with Crippen molar-refractivity contribution in [2.45, 2.75) is 18.6 Å². The van der Waals surface area contributed by atoms with Gasteiger partial charge in [-0.25, -0.2) is 0 Å². The second kappa shape index (κ2) is 9.72. The average Bonchev–Trinajstić information content (AvgIpc) is 3.33. The van der Waals surface area contributed by atoms with Crippen molar-refractivity contribution < 1.29 is 18.3 Å². The summed E-state index contributed by atoms with van der Waals surface area (Å²) in [6.45, 7) is 3.24. The molecule has 0 aliphatic heterocycles. The highest BCUT2D eigenvalue weighted by Crippen LogP contribution is 2.36. The molecular formula is C26H21ClF2N6O2. The number of halogens is 3. The van der Waals surface area contributed by atoms with E-state index < -0.39 is 12.0 Å². The van der Waals surface area contributed by atoms with Gasteiger partial charge < -0.3 is 15.2 Å². The highest BCUT2D eigenvalue weighted by atomic mass is 35.5. The number of aromatic nitrogens is 5. The highest BCUT2D eigenvalue weighted by Gasteiger charge is 2.35.